The highest BCUT2D eigenvalue weighted by Gasteiger charge is 2.33. The van der Waals surface area contributed by atoms with E-state index in [1.54, 1.807) is 7.05 Å². The average Bonchev–Trinajstić information content (AvgIpc) is 2.46. The number of nitrogens with zero attached hydrogens (tertiary/aromatic N) is 1. The highest BCUT2D eigenvalue weighted by molar-refractivity contribution is 7.87. The predicted molar refractivity (Wildman–Crippen MR) is 79.6 cm³/mol. The maximum Gasteiger partial charge on any atom is 0.279 e. The minimum absolute atomic E-state index is 0.113. The van der Waals surface area contributed by atoms with Gasteiger partial charge in [0.15, 0.2) is 0 Å². The van der Waals surface area contributed by atoms with Crippen LogP contribution in [0.25, 0.3) is 0 Å². The van der Waals surface area contributed by atoms with Crippen LogP contribution in [0.15, 0.2) is 0 Å². The second kappa shape index (κ2) is 6.73. The highest BCUT2D eigenvalue weighted by Crippen LogP contribution is 2.28. The molecule has 0 atom stereocenters. The molecule has 0 aromatic carbocycles. The lowest BCUT2D eigenvalue weighted by atomic mass is 9.85. The number of rotatable bonds is 5. The first-order valence-corrected chi connectivity index (χ1v) is 9.32. The molecule has 0 bridgehead atoms. The Balaban J connectivity index is 1.89. The maximum atomic E-state index is 12.3. The van der Waals surface area contributed by atoms with E-state index in [2.05, 4.69) is 4.72 Å². The van der Waals surface area contributed by atoms with Crippen molar-refractivity contribution in [2.45, 2.75) is 75.9 Å². The molecule has 2 aliphatic carbocycles. The van der Waals surface area contributed by atoms with Crippen LogP contribution in [0.4, 0.5) is 0 Å². The number of hydrogen-bond acceptors (Lipinski definition) is 3. The van der Waals surface area contributed by atoms with Crippen molar-refractivity contribution in [1.82, 2.24) is 9.03 Å². The molecule has 0 amide bonds. The fraction of sp³-hybridized carbons (Fsp3) is 1.00. The summed E-state index contributed by atoms with van der Waals surface area (Å²) in [5.74, 6) is 0. The van der Waals surface area contributed by atoms with Gasteiger partial charge in [0.2, 0.25) is 0 Å². The summed E-state index contributed by atoms with van der Waals surface area (Å²) in [6.45, 7) is 0.145. The summed E-state index contributed by atoms with van der Waals surface area (Å²) in [7, 11) is -1.82. The van der Waals surface area contributed by atoms with E-state index in [0.717, 1.165) is 44.9 Å². The number of hydrogen-bond donors (Lipinski definition) is 2. The Hall–Kier alpha value is -0.170. The van der Waals surface area contributed by atoms with Crippen molar-refractivity contribution in [2.75, 3.05) is 13.6 Å². The summed E-state index contributed by atoms with van der Waals surface area (Å²) in [5, 5.41) is 10.4. The van der Waals surface area contributed by atoms with Crippen LogP contribution in [-0.2, 0) is 10.2 Å². The lowest BCUT2D eigenvalue weighted by Crippen LogP contribution is -2.50. The molecule has 2 rings (SSSR count). The Morgan fingerprint density at radius 2 is 1.65 bits per heavy atom. The SMILES string of the molecule is CN(C1CCCCC1)S(=O)(=O)NCC1(O)CCCCC1. The van der Waals surface area contributed by atoms with Crippen LogP contribution in [0.3, 0.4) is 0 Å². The monoisotopic (exact) mass is 304 g/mol. The van der Waals surface area contributed by atoms with E-state index >= 15 is 0 Å². The summed E-state index contributed by atoms with van der Waals surface area (Å²) in [5.41, 5.74) is -0.848. The minimum Gasteiger partial charge on any atom is -0.389 e. The van der Waals surface area contributed by atoms with E-state index in [1.165, 1.54) is 10.7 Å². The van der Waals surface area contributed by atoms with Crippen molar-refractivity contribution in [2.24, 2.45) is 0 Å². The lowest BCUT2D eigenvalue weighted by Gasteiger charge is -2.34. The van der Waals surface area contributed by atoms with Gasteiger partial charge >= 0.3 is 0 Å². The zero-order chi connectivity index (χ0) is 14.6. The smallest absolute Gasteiger partial charge is 0.279 e. The molecule has 0 heterocycles. The third kappa shape index (κ3) is 4.16. The molecule has 118 valence electrons. The van der Waals surface area contributed by atoms with Crippen LogP contribution in [0.1, 0.15) is 64.2 Å². The molecule has 2 fully saturated rings. The van der Waals surface area contributed by atoms with Gasteiger partial charge in [-0.15, -0.1) is 0 Å². The third-order valence-electron chi connectivity index (χ3n) is 4.84. The van der Waals surface area contributed by atoms with E-state index in [9.17, 15) is 13.5 Å². The molecule has 2 aliphatic rings. The van der Waals surface area contributed by atoms with Crippen LogP contribution in [0.5, 0.6) is 0 Å². The van der Waals surface area contributed by atoms with Gasteiger partial charge in [-0.25, -0.2) is 0 Å². The summed E-state index contributed by atoms with van der Waals surface area (Å²) in [6.07, 6.45) is 9.81. The molecule has 2 N–H and O–H groups in total. The summed E-state index contributed by atoms with van der Waals surface area (Å²) in [6, 6.07) is 0.113. The van der Waals surface area contributed by atoms with Crippen molar-refractivity contribution < 1.29 is 13.5 Å². The average molecular weight is 304 g/mol. The zero-order valence-electron chi connectivity index (χ0n) is 12.5. The quantitative estimate of drug-likeness (QED) is 0.813. The maximum absolute atomic E-state index is 12.3. The molecule has 0 aromatic rings. The van der Waals surface area contributed by atoms with Crippen molar-refractivity contribution in [3.8, 4) is 0 Å². The fourth-order valence-corrected chi connectivity index (χ4v) is 4.61. The fourth-order valence-electron chi connectivity index (χ4n) is 3.35. The van der Waals surface area contributed by atoms with Gasteiger partial charge < -0.3 is 5.11 Å². The first-order chi connectivity index (χ1) is 9.43. The van der Waals surface area contributed by atoms with E-state index in [1.807, 2.05) is 0 Å². The van der Waals surface area contributed by atoms with Gasteiger partial charge in [0.05, 0.1) is 5.60 Å². The van der Waals surface area contributed by atoms with Gasteiger partial charge in [0.25, 0.3) is 10.2 Å². The highest BCUT2D eigenvalue weighted by atomic mass is 32.2. The standard InChI is InChI=1S/C14H28N2O3S/c1-16(13-8-4-2-5-9-13)20(18,19)15-12-14(17)10-6-3-7-11-14/h13,15,17H,2-12H2,1H3. The Morgan fingerprint density at radius 1 is 1.10 bits per heavy atom. The molecule has 0 saturated heterocycles. The van der Waals surface area contributed by atoms with Crippen molar-refractivity contribution in [3.05, 3.63) is 0 Å². The van der Waals surface area contributed by atoms with Crippen LogP contribution in [0.2, 0.25) is 0 Å². The van der Waals surface area contributed by atoms with Gasteiger partial charge in [-0.2, -0.15) is 17.4 Å². The van der Waals surface area contributed by atoms with Crippen molar-refractivity contribution >= 4 is 10.2 Å². The van der Waals surface area contributed by atoms with Gasteiger partial charge in [-0.1, -0.05) is 38.5 Å². The molecule has 0 radical (unpaired) electrons. The molecule has 0 unspecified atom stereocenters. The third-order valence-corrected chi connectivity index (χ3v) is 6.40. The normalized spacial score (nSPS) is 24.9. The molecule has 0 aromatic heterocycles. The molecule has 5 nitrogen and oxygen atoms in total. The van der Waals surface area contributed by atoms with E-state index in [0.29, 0.717) is 12.8 Å². The van der Waals surface area contributed by atoms with Crippen LogP contribution in [0, 0.1) is 0 Å². The summed E-state index contributed by atoms with van der Waals surface area (Å²) in [4.78, 5) is 0. The van der Waals surface area contributed by atoms with Gasteiger partial charge in [0, 0.05) is 19.6 Å². The predicted octanol–water partition coefficient (Wildman–Crippen LogP) is 1.78. The second-order valence-corrected chi connectivity index (χ2v) is 8.23. The van der Waals surface area contributed by atoms with Crippen molar-refractivity contribution in [3.63, 3.8) is 0 Å². The molecule has 2 saturated carbocycles. The molecular weight excluding hydrogens is 276 g/mol. The Morgan fingerprint density at radius 3 is 2.25 bits per heavy atom. The van der Waals surface area contributed by atoms with E-state index < -0.39 is 15.8 Å². The first kappa shape index (κ1) is 16.2. The Labute approximate surface area is 122 Å². The van der Waals surface area contributed by atoms with Crippen LogP contribution >= 0.6 is 0 Å². The van der Waals surface area contributed by atoms with Crippen molar-refractivity contribution in [1.29, 1.82) is 0 Å². The van der Waals surface area contributed by atoms with Gasteiger partial charge in [-0.05, 0) is 25.7 Å². The Bertz CT molecular complexity index is 399. The van der Waals surface area contributed by atoms with E-state index in [-0.39, 0.29) is 12.6 Å². The topological polar surface area (TPSA) is 69.6 Å². The summed E-state index contributed by atoms with van der Waals surface area (Å²) >= 11 is 0. The van der Waals surface area contributed by atoms with E-state index in [4.69, 9.17) is 0 Å². The second-order valence-electron chi connectivity index (χ2n) is 6.42. The van der Waals surface area contributed by atoms with Gasteiger partial charge in [-0.3, -0.25) is 0 Å². The number of nitrogens with one attached hydrogen (secondary N) is 1. The lowest BCUT2D eigenvalue weighted by molar-refractivity contribution is 0.00908. The molecule has 20 heavy (non-hydrogen) atoms. The number of aliphatic hydroxyl groups is 1. The zero-order valence-corrected chi connectivity index (χ0v) is 13.3. The Kier molecular flexibility index (Phi) is 5.45. The van der Waals surface area contributed by atoms with Gasteiger partial charge in [0.1, 0.15) is 0 Å². The van der Waals surface area contributed by atoms with Crippen LogP contribution < -0.4 is 4.72 Å². The molecule has 0 spiro atoms. The van der Waals surface area contributed by atoms with Crippen LogP contribution in [-0.4, -0.2) is 43.1 Å². The summed E-state index contributed by atoms with van der Waals surface area (Å²) < 4.78 is 28.7. The molecule has 6 heteroatoms. The largest absolute Gasteiger partial charge is 0.389 e. The minimum atomic E-state index is -3.47. The molecule has 0 aliphatic heterocycles. The molecular formula is C14H28N2O3S. The first-order valence-electron chi connectivity index (χ1n) is 7.88.